The molecule has 0 aliphatic carbocycles. The Bertz CT molecular complexity index is 1190. The topological polar surface area (TPSA) is 94.2 Å². The van der Waals surface area contributed by atoms with Crippen LogP contribution in [0.2, 0.25) is 0 Å². The molecule has 1 aliphatic rings. The van der Waals surface area contributed by atoms with Crippen LogP contribution in [0.15, 0.2) is 51.9 Å². The fourth-order valence-electron chi connectivity index (χ4n) is 3.44. The second-order valence-corrected chi connectivity index (χ2v) is 7.58. The van der Waals surface area contributed by atoms with E-state index in [1.807, 2.05) is 26.0 Å². The van der Waals surface area contributed by atoms with Crippen LogP contribution in [0.1, 0.15) is 11.5 Å². The number of anilines is 1. The maximum atomic E-state index is 14.9. The Morgan fingerprint density at radius 2 is 1.97 bits per heavy atom. The molecule has 0 unspecified atom stereocenters. The van der Waals surface area contributed by atoms with Crippen molar-refractivity contribution in [3.05, 3.63) is 59.7 Å². The van der Waals surface area contributed by atoms with E-state index >= 15 is 0 Å². The molecule has 1 atom stereocenters. The van der Waals surface area contributed by atoms with Crippen LogP contribution < -0.4 is 4.90 Å². The zero-order chi connectivity index (χ0) is 23.5. The molecule has 0 bridgehead atoms. The highest BCUT2D eigenvalue weighted by atomic mass is 19.1. The lowest BCUT2D eigenvalue weighted by Gasteiger charge is -2.14. The molecule has 0 radical (unpaired) electrons. The Hall–Kier alpha value is -4.01. The van der Waals surface area contributed by atoms with Crippen LogP contribution in [-0.4, -0.2) is 49.6 Å². The van der Waals surface area contributed by atoms with E-state index in [4.69, 9.17) is 13.9 Å². The van der Waals surface area contributed by atoms with Crippen LogP contribution in [0.5, 0.6) is 0 Å². The Kier molecular flexibility index (Phi) is 6.21. The van der Waals surface area contributed by atoms with Gasteiger partial charge in [0.05, 0.1) is 17.9 Å². The fourth-order valence-corrected chi connectivity index (χ4v) is 3.44. The van der Waals surface area contributed by atoms with Crippen molar-refractivity contribution in [1.82, 2.24) is 4.98 Å². The minimum Gasteiger partial charge on any atom is -0.460 e. The number of rotatable bonds is 7. The van der Waals surface area contributed by atoms with E-state index in [-0.39, 0.29) is 19.7 Å². The van der Waals surface area contributed by atoms with E-state index in [9.17, 15) is 14.0 Å². The normalized spacial score (nSPS) is 15.4. The van der Waals surface area contributed by atoms with E-state index in [1.165, 1.54) is 11.0 Å². The van der Waals surface area contributed by atoms with Gasteiger partial charge in [0.25, 0.3) is 0 Å². The average molecular weight is 451 g/mol. The van der Waals surface area contributed by atoms with Crippen molar-refractivity contribution in [2.45, 2.75) is 20.0 Å². The molecule has 9 heteroatoms. The van der Waals surface area contributed by atoms with Crippen LogP contribution in [0.4, 0.5) is 14.9 Å². The zero-order valence-electron chi connectivity index (χ0n) is 18.2. The molecule has 1 aliphatic heterocycles. The third-order valence-corrected chi connectivity index (χ3v) is 5.28. The first-order valence-electron chi connectivity index (χ1n) is 10.3. The van der Waals surface area contributed by atoms with Gasteiger partial charge in [-0.1, -0.05) is 12.1 Å². The van der Waals surface area contributed by atoms with Gasteiger partial charge in [-0.2, -0.15) is 0 Å². The van der Waals surface area contributed by atoms with Gasteiger partial charge in [0.1, 0.15) is 24.7 Å². The van der Waals surface area contributed by atoms with E-state index in [1.54, 1.807) is 24.3 Å². The van der Waals surface area contributed by atoms with E-state index in [0.717, 1.165) is 17.0 Å². The van der Waals surface area contributed by atoms with Crippen LogP contribution >= 0.6 is 0 Å². The van der Waals surface area contributed by atoms with E-state index in [0.29, 0.717) is 22.7 Å². The summed E-state index contributed by atoms with van der Waals surface area (Å²) in [6, 6.07) is 11.7. The number of aliphatic imine (C=N–C) groups is 1. The molecule has 0 N–H and O–H groups in total. The monoisotopic (exact) mass is 451 g/mol. The number of halogens is 1. The Morgan fingerprint density at radius 1 is 1.24 bits per heavy atom. The maximum Gasteiger partial charge on any atom is 0.414 e. The molecular weight excluding hydrogens is 429 g/mol. The standard InChI is InChI=1S/C24H22FN3O5/c1-14-15(2)32-23(27-14)17-6-4-16(5-7-17)20-9-8-18(10-21(20)25)28-12-19(33-24(28)30)13-31-22(29)11-26-3/h4-10,19H,3,11-13H2,1-2H3/t19-/m1/s1. The van der Waals surface area contributed by atoms with E-state index < -0.39 is 24.0 Å². The average Bonchev–Trinajstić information content (AvgIpc) is 3.34. The smallest absolute Gasteiger partial charge is 0.414 e. The summed E-state index contributed by atoms with van der Waals surface area (Å²) in [6.07, 6.45) is -1.28. The van der Waals surface area contributed by atoms with Crippen molar-refractivity contribution < 1.29 is 27.9 Å². The first-order valence-corrected chi connectivity index (χ1v) is 10.3. The third kappa shape index (κ3) is 4.77. The second kappa shape index (κ2) is 9.23. The minimum absolute atomic E-state index is 0.104. The summed E-state index contributed by atoms with van der Waals surface area (Å²) in [7, 11) is 0. The van der Waals surface area contributed by atoms with Crippen LogP contribution in [0.3, 0.4) is 0 Å². The lowest BCUT2D eigenvalue weighted by Crippen LogP contribution is -2.27. The molecule has 1 aromatic heterocycles. The maximum absolute atomic E-state index is 14.9. The predicted molar refractivity (Wildman–Crippen MR) is 120 cm³/mol. The number of nitrogens with zero attached hydrogens (tertiary/aromatic N) is 3. The van der Waals surface area contributed by atoms with E-state index in [2.05, 4.69) is 16.7 Å². The van der Waals surface area contributed by atoms with Crippen molar-refractivity contribution >= 4 is 24.5 Å². The Balaban J connectivity index is 1.46. The number of oxazole rings is 1. The predicted octanol–water partition coefficient (Wildman–Crippen LogP) is 4.33. The Labute approximate surface area is 189 Å². The van der Waals surface area contributed by atoms with Crippen molar-refractivity contribution in [1.29, 1.82) is 0 Å². The minimum atomic E-state index is -0.649. The van der Waals surface area contributed by atoms with Crippen LogP contribution in [0.25, 0.3) is 22.6 Å². The molecule has 33 heavy (non-hydrogen) atoms. The summed E-state index contributed by atoms with van der Waals surface area (Å²) < 4.78 is 30.8. The molecule has 0 spiro atoms. The van der Waals surface area contributed by atoms with Gasteiger partial charge >= 0.3 is 12.1 Å². The molecule has 4 rings (SSSR count). The summed E-state index contributed by atoms with van der Waals surface area (Å²) in [5.74, 6) is 0.225. The number of benzene rings is 2. The number of ether oxygens (including phenoxy) is 2. The molecule has 1 fully saturated rings. The van der Waals surface area contributed by atoms with Gasteiger partial charge in [-0.25, -0.2) is 14.2 Å². The van der Waals surface area contributed by atoms with Crippen LogP contribution in [-0.2, 0) is 14.3 Å². The van der Waals surface area contributed by atoms with Gasteiger partial charge in [-0.05, 0) is 56.5 Å². The Morgan fingerprint density at radius 3 is 2.61 bits per heavy atom. The zero-order valence-corrected chi connectivity index (χ0v) is 18.2. The summed E-state index contributed by atoms with van der Waals surface area (Å²) in [4.78, 5) is 32.7. The highest BCUT2D eigenvalue weighted by Crippen LogP contribution is 2.31. The highest BCUT2D eigenvalue weighted by molar-refractivity contribution is 5.90. The van der Waals surface area contributed by atoms with Crippen molar-refractivity contribution in [2.24, 2.45) is 4.99 Å². The number of amides is 1. The second-order valence-electron chi connectivity index (χ2n) is 7.58. The number of hydrogen-bond donors (Lipinski definition) is 0. The number of esters is 1. The van der Waals surface area contributed by atoms with Gasteiger partial charge in [-0.15, -0.1) is 0 Å². The SMILES string of the molecule is C=NCC(=O)OC[C@H]1CN(c2ccc(-c3ccc(-c4nc(C)c(C)o4)cc3)c(F)c2)C(=O)O1. The van der Waals surface area contributed by atoms with Crippen molar-refractivity contribution in [3.8, 4) is 22.6 Å². The first kappa shape index (κ1) is 22.2. The third-order valence-electron chi connectivity index (χ3n) is 5.28. The van der Waals surface area contributed by atoms with Crippen molar-refractivity contribution in [3.63, 3.8) is 0 Å². The number of hydrogen-bond acceptors (Lipinski definition) is 7. The van der Waals surface area contributed by atoms with Crippen molar-refractivity contribution in [2.75, 3.05) is 24.6 Å². The molecule has 2 heterocycles. The number of carbonyl (C=O) groups excluding carboxylic acids is 2. The molecule has 2 aromatic carbocycles. The molecule has 0 saturated carbocycles. The first-order chi connectivity index (χ1) is 15.9. The number of carbonyl (C=O) groups is 2. The fraction of sp³-hybridized carbons (Fsp3) is 0.250. The van der Waals surface area contributed by atoms with Gasteiger partial charge in [0, 0.05) is 11.1 Å². The van der Waals surface area contributed by atoms with Gasteiger partial charge in [0.2, 0.25) is 5.89 Å². The van der Waals surface area contributed by atoms with Gasteiger partial charge in [-0.3, -0.25) is 14.7 Å². The number of aromatic nitrogens is 1. The quantitative estimate of drug-likeness (QED) is 0.392. The molecule has 8 nitrogen and oxygen atoms in total. The lowest BCUT2D eigenvalue weighted by atomic mass is 10.0. The van der Waals surface area contributed by atoms with Crippen LogP contribution in [0, 0.1) is 19.7 Å². The largest absolute Gasteiger partial charge is 0.460 e. The summed E-state index contributed by atoms with van der Waals surface area (Å²) in [6.45, 7) is 6.80. The van der Waals surface area contributed by atoms with Gasteiger partial charge < -0.3 is 13.9 Å². The molecule has 3 aromatic rings. The highest BCUT2D eigenvalue weighted by Gasteiger charge is 2.33. The molecule has 170 valence electrons. The van der Waals surface area contributed by atoms with Gasteiger partial charge in [0.15, 0.2) is 6.10 Å². The molecular formula is C24H22FN3O5. The number of aryl methyl sites for hydroxylation is 2. The molecule has 1 saturated heterocycles. The number of cyclic esters (lactones) is 1. The summed E-state index contributed by atoms with van der Waals surface area (Å²) in [5, 5.41) is 0. The lowest BCUT2D eigenvalue weighted by molar-refractivity contribution is -0.144. The summed E-state index contributed by atoms with van der Waals surface area (Å²) in [5.41, 5.74) is 3.03. The molecule has 1 amide bonds. The summed E-state index contributed by atoms with van der Waals surface area (Å²) >= 11 is 0.